The summed E-state index contributed by atoms with van der Waals surface area (Å²) in [5, 5.41) is 11.0. The van der Waals surface area contributed by atoms with Gasteiger partial charge in [-0.15, -0.1) is 11.3 Å². The van der Waals surface area contributed by atoms with Crippen molar-refractivity contribution in [2.24, 2.45) is 0 Å². The van der Waals surface area contributed by atoms with Gasteiger partial charge in [0.15, 0.2) is 12.4 Å². The van der Waals surface area contributed by atoms with E-state index in [4.69, 9.17) is 9.84 Å². The Labute approximate surface area is 125 Å². The Hall–Kier alpha value is -2.41. The van der Waals surface area contributed by atoms with Gasteiger partial charge in [0.25, 0.3) is 5.91 Å². The number of hydrogen-bond acceptors (Lipinski definition) is 5. The molecule has 0 aliphatic carbocycles. The smallest absolute Gasteiger partial charge is 0.339 e. The molecule has 21 heavy (non-hydrogen) atoms. The molecule has 2 aromatic heterocycles. The maximum Gasteiger partial charge on any atom is 0.339 e. The normalized spacial score (nSPS) is 10.1. The minimum atomic E-state index is -1.12. The van der Waals surface area contributed by atoms with Crippen molar-refractivity contribution >= 4 is 23.2 Å². The Kier molecular flexibility index (Phi) is 4.89. The molecule has 2 heterocycles. The summed E-state index contributed by atoms with van der Waals surface area (Å²) in [4.78, 5) is 29.4. The maximum atomic E-state index is 12.0. The standard InChI is InChI=1S/C14H14N2O4S/c1-16(8-10-3-2-6-21-10)13(17)9-20-12-7-15-5-4-11(12)14(18)19/h2-7H,8-9H2,1H3,(H,18,19). The van der Waals surface area contributed by atoms with Crippen LogP contribution < -0.4 is 4.74 Å². The Bertz CT molecular complexity index is 628. The van der Waals surface area contributed by atoms with Crippen LogP contribution in [-0.4, -0.2) is 40.5 Å². The van der Waals surface area contributed by atoms with Crippen molar-refractivity contribution in [3.8, 4) is 5.75 Å². The van der Waals surface area contributed by atoms with E-state index in [9.17, 15) is 9.59 Å². The Morgan fingerprint density at radius 1 is 1.43 bits per heavy atom. The molecule has 0 aromatic carbocycles. The summed E-state index contributed by atoms with van der Waals surface area (Å²) >= 11 is 1.57. The topological polar surface area (TPSA) is 79.7 Å². The molecular weight excluding hydrogens is 292 g/mol. The minimum Gasteiger partial charge on any atom is -0.481 e. The van der Waals surface area contributed by atoms with Crippen LogP contribution in [0.25, 0.3) is 0 Å². The molecule has 0 fully saturated rings. The monoisotopic (exact) mass is 306 g/mol. The fraction of sp³-hybridized carbons (Fsp3) is 0.214. The number of carbonyl (C=O) groups is 2. The number of carboxylic acid groups (broad SMARTS) is 1. The lowest BCUT2D eigenvalue weighted by atomic mass is 10.2. The molecule has 0 radical (unpaired) electrons. The molecular formula is C14H14N2O4S. The Morgan fingerprint density at radius 3 is 2.90 bits per heavy atom. The van der Waals surface area contributed by atoms with Crippen molar-refractivity contribution in [1.29, 1.82) is 0 Å². The fourth-order valence-electron chi connectivity index (χ4n) is 1.65. The first-order valence-corrected chi connectivity index (χ1v) is 7.02. The highest BCUT2D eigenvalue weighted by atomic mass is 32.1. The van der Waals surface area contributed by atoms with Crippen molar-refractivity contribution < 1.29 is 19.4 Å². The summed E-state index contributed by atoms with van der Waals surface area (Å²) in [7, 11) is 1.67. The zero-order valence-electron chi connectivity index (χ0n) is 11.4. The van der Waals surface area contributed by atoms with Crippen molar-refractivity contribution in [3.63, 3.8) is 0 Å². The number of carboxylic acids is 1. The van der Waals surface area contributed by atoms with Crippen LogP contribution in [0.2, 0.25) is 0 Å². The van der Waals surface area contributed by atoms with Crippen molar-refractivity contribution in [2.45, 2.75) is 6.54 Å². The van der Waals surface area contributed by atoms with E-state index < -0.39 is 5.97 Å². The summed E-state index contributed by atoms with van der Waals surface area (Å²) in [5.74, 6) is -1.27. The number of amides is 1. The van der Waals surface area contributed by atoms with Crippen molar-refractivity contribution in [2.75, 3.05) is 13.7 Å². The molecule has 0 atom stereocenters. The molecule has 0 aliphatic heterocycles. The fourth-order valence-corrected chi connectivity index (χ4v) is 2.40. The van der Waals surface area contributed by atoms with E-state index in [1.54, 1.807) is 18.4 Å². The number of hydrogen-bond donors (Lipinski definition) is 1. The molecule has 0 unspecified atom stereocenters. The van der Waals surface area contributed by atoms with E-state index in [-0.39, 0.29) is 23.8 Å². The zero-order valence-corrected chi connectivity index (χ0v) is 12.2. The quantitative estimate of drug-likeness (QED) is 0.881. The summed E-state index contributed by atoms with van der Waals surface area (Å²) < 4.78 is 5.27. The average Bonchev–Trinajstić information content (AvgIpc) is 2.97. The molecule has 0 saturated heterocycles. The molecule has 2 aromatic rings. The van der Waals surface area contributed by atoms with Crippen LogP contribution in [0.3, 0.4) is 0 Å². The Morgan fingerprint density at radius 2 is 2.24 bits per heavy atom. The van der Waals surface area contributed by atoms with E-state index >= 15 is 0 Å². The molecule has 0 aliphatic rings. The van der Waals surface area contributed by atoms with E-state index in [0.717, 1.165) is 4.88 Å². The maximum absolute atomic E-state index is 12.0. The molecule has 1 N–H and O–H groups in total. The number of carbonyl (C=O) groups excluding carboxylic acids is 1. The highest BCUT2D eigenvalue weighted by Gasteiger charge is 2.14. The van der Waals surface area contributed by atoms with Gasteiger partial charge in [0, 0.05) is 18.1 Å². The van der Waals surface area contributed by atoms with E-state index in [2.05, 4.69) is 4.98 Å². The third kappa shape index (κ3) is 4.03. The molecule has 1 amide bonds. The van der Waals surface area contributed by atoms with E-state index in [0.29, 0.717) is 6.54 Å². The SMILES string of the molecule is CN(Cc1cccs1)C(=O)COc1cnccc1C(=O)O. The second-order valence-electron chi connectivity index (χ2n) is 4.29. The highest BCUT2D eigenvalue weighted by Crippen LogP contribution is 2.16. The number of aromatic carboxylic acids is 1. The van der Waals surface area contributed by atoms with Gasteiger partial charge in [-0.05, 0) is 17.5 Å². The van der Waals surface area contributed by atoms with Crippen LogP contribution in [0, 0.1) is 0 Å². The molecule has 7 heteroatoms. The number of aromatic nitrogens is 1. The second-order valence-corrected chi connectivity index (χ2v) is 5.33. The average molecular weight is 306 g/mol. The predicted octanol–water partition coefficient (Wildman–Crippen LogP) is 1.88. The number of thiophene rings is 1. The van der Waals surface area contributed by atoms with Gasteiger partial charge < -0.3 is 14.7 Å². The lowest BCUT2D eigenvalue weighted by molar-refractivity contribution is -0.132. The summed E-state index contributed by atoms with van der Waals surface area (Å²) in [6, 6.07) is 5.19. The first kappa shape index (κ1) is 15.0. The molecule has 0 bridgehead atoms. The molecule has 110 valence electrons. The lowest BCUT2D eigenvalue weighted by Gasteiger charge is -2.16. The van der Waals surface area contributed by atoms with Crippen molar-refractivity contribution in [1.82, 2.24) is 9.88 Å². The first-order valence-electron chi connectivity index (χ1n) is 6.14. The molecule has 0 spiro atoms. The van der Waals surface area contributed by atoms with Crippen LogP contribution in [-0.2, 0) is 11.3 Å². The van der Waals surface area contributed by atoms with Gasteiger partial charge in [0.1, 0.15) is 5.56 Å². The van der Waals surface area contributed by atoms with Gasteiger partial charge in [-0.25, -0.2) is 4.79 Å². The van der Waals surface area contributed by atoms with E-state index in [1.807, 2.05) is 17.5 Å². The number of pyridine rings is 1. The number of nitrogens with zero attached hydrogens (tertiary/aromatic N) is 2. The van der Waals surface area contributed by atoms with Gasteiger partial charge in [-0.2, -0.15) is 0 Å². The van der Waals surface area contributed by atoms with Crippen LogP contribution >= 0.6 is 11.3 Å². The van der Waals surface area contributed by atoms with Gasteiger partial charge in [0.05, 0.1) is 12.7 Å². The number of likely N-dealkylation sites (N-methyl/N-ethyl adjacent to an activating group) is 1. The summed E-state index contributed by atoms with van der Waals surface area (Å²) in [6.07, 6.45) is 2.65. The summed E-state index contributed by atoms with van der Waals surface area (Å²) in [5.41, 5.74) is -0.0151. The third-order valence-corrected chi connectivity index (χ3v) is 3.63. The van der Waals surface area contributed by atoms with Crippen LogP contribution in [0.15, 0.2) is 36.0 Å². The summed E-state index contributed by atoms with van der Waals surface area (Å²) in [6.45, 7) is 0.270. The van der Waals surface area contributed by atoms with Gasteiger partial charge in [-0.3, -0.25) is 9.78 Å². The minimum absolute atomic E-state index is 0.0151. The van der Waals surface area contributed by atoms with E-state index in [1.165, 1.54) is 23.4 Å². The zero-order chi connectivity index (χ0) is 15.2. The van der Waals surface area contributed by atoms with Crippen LogP contribution in [0.1, 0.15) is 15.2 Å². The number of rotatable bonds is 6. The van der Waals surface area contributed by atoms with Crippen LogP contribution in [0.4, 0.5) is 0 Å². The molecule has 2 rings (SSSR count). The lowest BCUT2D eigenvalue weighted by Crippen LogP contribution is -2.30. The number of ether oxygens (including phenoxy) is 1. The second kappa shape index (κ2) is 6.85. The molecule has 6 nitrogen and oxygen atoms in total. The third-order valence-electron chi connectivity index (χ3n) is 2.76. The predicted molar refractivity (Wildman–Crippen MR) is 77.5 cm³/mol. The first-order chi connectivity index (χ1) is 10.1. The highest BCUT2D eigenvalue weighted by molar-refractivity contribution is 7.09. The van der Waals surface area contributed by atoms with Gasteiger partial charge in [0.2, 0.25) is 0 Å². The largest absolute Gasteiger partial charge is 0.481 e. The van der Waals surface area contributed by atoms with Crippen molar-refractivity contribution in [3.05, 3.63) is 46.4 Å². The van der Waals surface area contributed by atoms with Gasteiger partial charge >= 0.3 is 5.97 Å². The van der Waals surface area contributed by atoms with Crippen LogP contribution in [0.5, 0.6) is 5.75 Å². The Balaban J connectivity index is 1.93. The van der Waals surface area contributed by atoms with Gasteiger partial charge in [-0.1, -0.05) is 6.07 Å². The molecule has 0 saturated carbocycles.